The molecule has 18 heavy (non-hydrogen) atoms. The number of rotatable bonds is 8. The molecule has 0 spiro atoms. The van der Waals surface area contributed by atoms with Crippen molar-refractivity contribution in [3.8, 4) is 0 Å². The van der Waals surface area contributed by atoms with Gasteiger partial charge in [0.25, 0.3) is 0 Å². The van der Waals surface area contributed by atoms with Crippen molar-refractivity contribution in [2.75, 3.05) is 25.4 Å². The number of sulfonamides is 1. The van der Waals surface area contributed by atoms with Crippen LogP contribution in [0.2, 0.25) is 0 Å². The van der Waals surface area contributed by atoms with E-state index in [1.54, 1.807) is 0 Å². The van der Waals surface area contributed by atoms with Gasteiger partial charge in [0.2, 0.25) is 10.0 Å². The summed E-state index contributed by atoms with van der Waals surface area (Å²) >= 11 is 0. The summed E-state index contributed by atoms with van der Waals surface area (Å²) in [5, 5.41) is 3.12. The quantitative estimate of drug-likeness (QED) is 0.666. The van der Waals surface area contributed by atoms with E-state index in [1.165, 1.54) is 19.3 Å². The molecule has 0 bridgehead atoms. The lowest BCUT2D eigenvalue weighted by Crippen LogP contribution is -2.39. The van der Waals surface area contributed by atoms with Gasteiger partial charge in [0, 0.05) is 13.1 Å². The van der Waals surface area contributed by atoms with Crippen LogP contribution < -0.4 is 10.0 Å². The van der Waals surface area contributed by atoms with Crippen molar-refractivity contribution in [3.63, 3.8) is 0 Å². The first kappa shape index (κ1) is 15.9. The van der Waals surface area contributed by atoms with Gasteiger partial charge in [0.1, 0.15) is 0 Å². The van der Waals surface area contributed by atoms with E-state index in [2.05, 4.69) is 23.9 Å². The maximum atomic E-state index is 11.8. The van der Waals surface area contributed by atoms with Crippen LogP contribution in [0.4, 0.5) is 0 Å². The summed E-state index contributed by atoms with van der Waals surface area (Å²) in [6, 6.07) is 0. The standard InChI is InChI=1S/C13H28N2O2S/c1-3-9-14-10-11-18(16,17)15-12-13(2)7-5-4-6-8-13/h14-15H,3-12H2,1-2H3. The van der Waals surface area contributed by atoms with E-state index in [9.17, 15) is 8.42 Å². The molecular formula is C13H28N2O2S. The average Bonchev–Trinajstić information content (AvgIpc) is 2.34. The Kier molecular flexibility index (Phi) is 6.60. The Labute approximate surface area is 112 Å². The molecule has 0 unspecified atom stereocenters. The van der Waals surface area contributed by atoms with E-state index in [0.717, 1.165) is 25.8 Å². The topological polar surface area (TPSA) is 58.2 Å². The van der Waals surface area contributed by atoms with Gasteiger partial charge in [-0.2, -0.15) is 0 Å². The molecule has 0 saturated heterocycles. The fraction of sp³-hybridized carbons (Fsp3) is 1.00. The predicted octanol–water partition coefficient (Wildman–Crippen LogP) is 1.88. The minimum Gasteiger partial charge on any atom is -0.316 e. The van der Waals surface area contributed by atoms with Crippen LogP contribution in [0.5, 0.6) is 0 Å². The third-order valence-corrected chi connectivity index (χ3v) is 5.08. The Morgan fingerprint density at radius 1 is 1.11 bits per heavy atom. The van der Waals surface area contributed by atoms with Crippen LogP contribution in [0.15, 0.2) is 0 Å². The van der Waals surface area contributed by atoms with Crippen molar-refractivity contribution < 1.29 is 8.42 Å². The molecule has 1 aliphatic carbocycles. The Morgan fingerprint density at radius 3 is 2.39 bits per heavy atom. The molecule has 1 saturated carbocycles. The van der Waals surface area contributed by atoms with Gasteiger partial charge in [-0.1, -0.05) is 33.1 Å². The van der Waals surface area contributed by atoms with Crippen molar-refractivity contribution in [3.05, 3.63) is 0 Å². The SMILES string of the molecule is CCCNCCS(=O)(=O)NCC1(C)CCCCC1. The van der Waals surface area contributed by atoms with Crippen molar-refractivity contribution in [1.29, 1.82) is 0 Å². The van der Waals surface area contributed by atoms with Gasteiger partial charge >= 0.3 is 0 Å². The first-order chi connectivity index (χ1) is 8.47. The lowest BCUT2D eigenvalue weighted by atomic mass is 9.76. The second kappa shape index (κ2) is 7.46. The zero-order valence-corrected chi connectivity index (χ0v) is 12.6. The molecule has 108 valence electrons. The van der Waals surface area contributed by atoms with Crippen LogP contribution in [0.3, 0.4) is 0 Å². The normalized spacial score (nSPS) is 19.9. The zero-order chi connectivity index (χ0) is 13.5. The van der Waals surface area contributed by atoms with Crippen molar-refractivity contribution in [2.45, 2.75) is 52.4 Å². The number of hydrogen-bond acceptors (Lipinski definition) is 3. The summed E-state index contributed by atoms with van der Waals surface area (Å²) in [6.07, 6.45) is 7.08. The lowest BCUT2D eigenvalue weighted by Gasteiger charge is -2.33. The second-order valence-corrected chi connectivity index (χ2v) is 7.69. The van der Waals surface area contributed by atoms with Crippen LogP contribution in [0.1, 0.15) is 52.4 Å². The molecule has 0 aliphatic heterocycles. The summed E-state index contributed by atoms with van der Waals surface area (Å²) in [6.45, 7) is 6.30. The molecule has 0 heterocycles. The van der Waals surface area contributed by atoms with Crippen LogP contribution in [0, 0.1) is 5.41 Å². The third-order valence-electron chi connectivity index (χ3n) is 3.75. The van der Waals surface area contributed by atoms with E-state index >= 15 is 0 Å². The van der Waals surface area contributed by atoms with Gasteiger partial charge < -0.3 is 5.32 Å². The molecule has 1 aliphatic rings. The molecule has 1 fully saturated rings. The summed E-state index contributed by atoms with van der Waals surface area (Å²) in [4.78, 5) is 0. The highest BCUT2D eigenvalue weighted by atomic mass is 32.2. The van der Waals surface area contributed by atoms with Gasteiger partial charge in [-0.25, -0.2) is 13.1 Å². The number of hydrogen-bond donors (Lipinski definition) is 2. The van der Waals surface area contributed by atoms with Gasteiger partial charge in [-0.3, -0.25) is 0 Å². The Bertz CT molecular complexity index is 322. The molecule has 0 aromatic rings. The van der Waals surface area contributed by atoms with Gasteiger partial charge in [0.15, 0.2) is 0 Å². The maximum Gasteiger partial charge on any atom is 0.212 e. The number of nitrogens with one attached hydrogen (secondary N) is 2. The van der Waals surface area contributed by atoms with E-state index in [-0.39, 0.29) is 11.2 Å². The predicted molar refractivity (Wildman–Crippen MR) is 76.1 cm³/mol. The minimum atomic E-state index is -3.11. The largest absolute Gasteiger partial charge is 0.316 e. The van der Waals surface area contributed by atoms with Gasteiger partial charge in [-0.05, 0) is 31.2 Å². The fourth-order valence-corrected chi connectivity index (χ4v) is 3.57. The van der Waals surface area contributed by atoms with E-state index < -0.39 is 10.0 Å². The second-order valence-electron chi connectivity index (χ2n) is 5.76. The summed E-state index contributed by atoms with van der Waals surface area (Å²) in [5.74, 6) is 0.184. The molecule has 5 heteroatoms. The molecule has 0 aromatic carbocycles. The molecule has 2 N–H and O–H groups in total. The highest BCUT2D eigenvalue weighted by molar-refractivity contribution is 7.89. The van der Waals surface area contributed by atoms with E-state index in [1.807, 2.05) is 0 Å². The zero-order valence-electron chi connectivity index (χ0n) is 11.8. The first-order valence-electron chi connectivity index (χ1n) is 7.15. The van der Waals surface area contributed by atoms with Crippen LogP contribution >= 0.6 is 0 Å². The molecule has 0 atom stereocenters. The Hall–Kier alpha value is -0.130. The molecule has 4 nitrogen and oxygen atoms in total. The highest BCUT2D eigenvalue weighted by Gasteiger charge is 2.28. The summed E-state index contributed by atoms with van der Waals surface area (Å²) in [7, 11) is -3.11. The average molecular weight is 276 g/mol. The monoisotopic (exact) mass is 276 g/mol. The lowest BCUT2D eigenvalue weighted by molar-refractivity contribution is 0.219. The minimum absolute atomic E-state index is 0.169. The highest BCUT2D eigenvalue weighted by Crippen LogP contribution is 2.34. The van der Waals surface area contributed by atoms with Crippen LogP contribution in [-0.2, 0) is 10.0 Å². The Morgan fingerprint density at radius 2 is 1.78 bits per heavy atom. The van der Waals surface area contributed by atoms with E-state index in [4.69, 9.17) is 0 Å². The molecule has 0 aromatic heterocycles. The Balaban J connectivity index is 2.27. The van der Waals surface area contributed by atoms with Crippen molar-refractivity contribution in [2.24, 2.45) is 5.41 Å². The summed E-state index contributed by atoms with van der Waals surface area (Å²) < 4.78 is 26.4. The van der Waals surface area contributed by atoms with Crippen LogP contribution in [-0.4, -0.2) is 33.8 Å². The molecule has 1 rings (SSSR count). The van der Waals surface area contributed by atoms with Crippen LogP contribution in [0.25, 0.3) is 0 Å². The van der Waals surface area contributed by atoms with Crippen molar-refractivity contribution >= 4 is 10.0 Å². The first-order valence-corrected chi connectivity index (χ1v) is 8.81. The molecular weight excluding hydrogens is 248 g/mol. The smallest absolute Gasteiger partial charge is 0.212 e. The van der Waals surface area contributed by atoms with Gasteiger partial charge in [-0.15, -0.1) is 0 Å². The van der Waals surface area contributed by atoms with E-state index in [0.29, 0.717) is 13.1 Å². The molecule has 0 radical (unpaired) electrons. The van der Waals surface area contributed by atoms with Crippen molar-refractivity contribution in [1.82, 2.24) is 10.0 Å². The van der Waals surface area contributed by atoms with Gasteiger partial charge in [0.05, 0.1) is 5.75 Å². The maximum absolute atomic E-state index is 11.8. The fourth-order valence-electron chi connectivity index (χ4n) is 2.45. The summed E-state index contributed by atoms with van der Waals surface area (Å²) in [5.41, 5.74) is 0.169. The molecule has 0 amide bonds. The third kappa shape index (κ3) is 6.16.